The van der Waals surface area contributed by atoms with Gasteiger partial charge < -0.3 is 15.2 Å². The molecule has 24 heavy (non-hydrogen) atoms. The molecule has 128 valence electrons. The van der Waals surface area contributed by atoms with Gasteiger partial charge in [0.2, 0.25) is 5.91 Å². The zero-order valence-electron chi connectivity index (χ0n) is 13.2. The quantitative estimate of drug-likeness (QED) is 0.818. The van der Waals surface area contributed by atoms with Crippen molar-refractivity contribution in [3.63, 3.8) is 0 Å². The fourth-order valence-electron chi connectivity index (χ4n) is 2.24. The van der Waals surface area contributed by atoms with Crippen molar-refractivity contribution in [2.24, 2.45) is 0 Å². The van der Waals surface area contributed by atoms with Crippen molar-refractivity contribution >= 4 is 5.91 Å². The lowest BCUT2D eigenvalue weighted by Gasteiger charge is -2.13. The summed E-state index contributed by atoms with van der Waals surface area (Å²) in [4.78, 5) is 12.0. The number of amides is 1. The maximum Gasteiger partial charge on any atom is 0.387 e. The molecule has 0 aliphatic rings. The third-order valence-corrected chi connectivity index (χ3v) is 3.59. The molecule has 2 N–H and O–H groups in total. The maximum absolute atomic E-state index is 12.1. The minimum atomic E-state index is -2.89. The number of halogens is 2. The van der Waals surface area contributed by atoms with Crippen LogP contribution in [0.4, 0.5) is 8.78 Å². The highest BCUT2D eigenvalue weighted by Gasteiger charge is 2.11. The Bertz CT molecular complexity index is 674. The Hall–Kier alpha value is -2.47. The number of aliphatic hydroxyl groups excluding tert-OH is 1. The molecule has 0 aliphatic carbocycles. The van der Waals surface area contributed by atoms with Crippen molar-refractivity contribution in [2.45, 2.75) is 26.1 Å². The number of ether oxygens (including phenoxy) is 1. The zero-order valence-corrected chi connectivity index (χ0v) is 13.2. The zero-order chi connectivity index (χ0) is 17.5. The van der Waals surface area contributed by atoms with E-state index in [2.05, 4.69) is 10.1 Å². The minimum Gasteiger partial charge on any atom is -0.435 e. The predicted octanol–water partition coefficient (Wildman–Crippen LogP) is 2.99. The summed E-state index contributed by atoms with van der Waals surface area (Å²) in [6.07, 6.45) is -0.688. The molecule has 0 aromatic heterocycles. The molecule has 0 fully saturated rings. The van der Waals surface area contributed by atoms with Crippen molar-refractivity contribution in [3.05, 3.63) is 65.2 Å². The SMILES string of the molecule is Cc1ccccc1CC(=O)NCC(O)c1ccc(OC(F)F)cc1. The Balaban J connectivity index is 1.85. The summed E-state index contributed by atoms with van der Waals surface area (Å²) in [5.41, 5.74) is 2.47. The van der Waals surface area contributed by atoms with Gasteiger partial charge in [-0.2, -0.15) is 8.78 Å². The second kappa shape index (κ2) is 8.40. The number of carbonyl (C=O) groups excluding carboxylic acids is 1. The molecule has 4 nitrogen and oxygen atoms in total. The molecule has 0 radical (unpaired) electrons. The number of aryl methyl sites for hydroxylation is 1. The average Bonchev–Trinajstić information content (AvgIpc) is 2.55. The molecule has 0 heterocycles. The number of alkyl halides is 2. The first-order valence-corrected chi connectivity index (χ1v) is 7.49. The highest BCUT2D eigenvalue weighted by atomic mass is 19.3. The van der Waals surface area contributed by atoms with Gasteiger partial charge in [-0.05, 0) is 35.7 Å². The summed E-state index contributed by atoms with van der Waals surface area (Å²) in [5, 5.41) is 12.7. The van der Waals surface area contributed by atoms with Crippen molar-refractivity contribution in [3.8, 4) is 5.75 Å². The summed E-state index contributed by atoms with van der Waals surface area (Å²) in [7, 11) is 0. The van der Waals surface area contributed by atoms with Crippen LogP contribution in [0.15, 0.2) is 48.5 Å². The van der Waals surface area contributed by atoms with Gasteiger partial charge in [0.25, 0.3) is 0 Å². The normalized spacial score (nSPS) is 12.0. The molecule has 2 aromatic carbocycles. The van der Waals surface area contributed by atoms with Gasteiger partial charge >= 0.3 is 6.61 Å². The summed E-state index contributed by atoms with van der Waals surface area (Å²) in [6.45, 7) is -0.915. The predicted molar refractivity (Wildman–Crippen MR) is 85.9 cm³/mol. The van der Waals surface area contributed by atoms with E-state index in [4.69, 9.17) is 0 Å². The molecule has 1 unspecified atom stereocenters. The summed E-state index contributed by atoms with van der Waals surface area (Å²) in [5.74, 6) is -0.175. The van der Waals surface area contributed by atoms with E-state index >= 15 is 0 Å². The van der Waals surface area contributed by atoms with Gasteiger partial charge in [-0.15, -0.1) is 0 Å². The van der Waals surface area contributed by atoms with Crippen LogP contribution in [0.2, 0.25) is 0 Å². The lowest BCUT2D eigenvalue weighted by Crippen LogP contribution is -2.29. The number of hydrogen-bond acceptors (Lipinski definition) is 3. The first kappa shape index (κ1) is 17.9. The van der Waals surface area contributed by atoms with E-state index in [9.17, 15) is 18.7 Å². The minimum absolute atomic E-state index is 0.0181. The number of aliphatic hydroxyl groups is 1. The van der Waals surface area contributed by atoms with Crippen LogP contribution >= 0.6 is 0 Å². The molecular weight excluding hydrogens is 316 g/mol. The Morgan fingerprint density at radius 1 is 1.17 bits per heavy atom. The van der Waals surface area contributed by atoms with E-state index in [-0.39, 0.29) is 24.6 Å². The van der Waals surface area contributed by atoms with E-state index in [1.54, 1.807) is 0 Å². The van der Waals surface area contributed by atoms with E-state index < -0.39 is 12.7 Å². The first-order valence-electron chi connectivity index (χ1n) is 7.49. The molecule has 1 atom stereocenters. The topological polar surface area (TPSA) is 58.6 Å². The van der Waals surface area contributed by atoms with E-state index in [1.807, 2.05) is 31.2 Å². The lowest BCUT2D eigenvalue weighted by molar-refractivity contribution is -0.120. The molecular formula is C18H19F2NO3. The Morgan fingerprint density at radius 3 is 2.46 bits per heavy atom. The summed E-state index contributed by atoms with van der Waals surface area (Å²) in [6, 6.07) is 13.2. The second-order valence-electron chi connectivity index (χ2n) is 5.37. The van der Waals surface area contributed by atoms with Crippen LogP contribution in [0.3, 0.4) is 0 Å². The largest absolute Gasteiger partial charge is 0.435 e. The molecule has 6 heteroatoms. The highest BCUT2D eigenvalue weighted by molar-refractivity contribution is 5.78. The van der Waals surface area contributed by atoms with Crippen LogP contribution in [0.1, 0.15) is 22.8 Å². The number of carbonyl (C=O) groups is 1. The fraction of sp³-hybridized carbons (Fsp3) is 0.278. The summed E-state index contributed by atoms with van der Waals surface area (Å²) >= 11 is 0. The van der Waals surface area contributed by atoms with E-state index in [0.717, 1.165) is 11.1 Å². The average molecular weight is 335 g/mol. The number of hydrogen-bond donors (Lipinski definition) is 2. The molecule has 0 aliphatic heterocycles. The van der Waals surface area contributed by atoms with Gasteiger partial charge in [0.15, 0.2) is 0 Å². The van der Waals surface area contributed by atoms with Gasteiger partial charge in [-0.25, -0.2) is 0 Å². The number of benzene rings is 2. The van der Waals surface area contributed by atoms with Gasteiger partial charge in [0.05, 0.1) is 12.5 Å². The van der Waals surface area contributed by atoms with Crippen LogP contribution in [0.25, 0.3) is 0 Å². The third-order valence-electron chi connectivity index (χ3n) is 3.59. The smallest absolute Gasteiger partial charge is 0.387 e. The van der Waals surface area contributed by atoms with E-state index in [1.165, 1.54) is 24.3 Å². The molecule has 0 saturated heterocycles. The van der Waals surface area contributed by atoms with Gasteiger partial charge in [0, 0.05) is 6.54 Å². The molecule has 2 rings (SSSR count). The molecule has 0 bridgehead atoms. The molecule has 1 amide bonds. The van der Waals surface area contributed by atoms with Crippen molar-refractivity contribution < 1.29 is 23.4 Å². The Kier molecular flexibility index (Phi) is 6.26. The standard InChI is InChI=1S/C18H19F2NO3/c1-12-4-2-3-5-14(12)10-17(23)21-11-16(22)13-6-8-15(9-7-13)24-18(19)20/h2-9,16,18,22H,10-11H2,1H3,(H,21,23). The Labute approximate surface area is 139 Å². The van der Waals surface area contributed by atoms with Crippen LogP contribution in [0, 0.1) is 6.92 Å². The van der Waals surface area contributed by atoms with Gasteiger partial charge in [0.1, 0.15) is 5.75 Å². The number of nitrogens with one attached hydrogen (secondary N) is 1. The number of rotatable bonds is 7. The highest BCUT2D eigenvalue weighted by Crippen LogP contribution is 2.19. The van der Waals surface area contributed by atoms with Gasteiger partial charge in [-0.3, -0.25) is 4.79 Å². The van der Waals surface area contributed by atoms with Crippen LogP contribution in [-0.2, 0) is 11.2 Å². The van der Waals surface area contributed by atoms with Crippen molar-refractivity contribution in [2.75, 3.05) is 6.54 Å². The van der Waals surface area contributed by atoms with Crippen LogP contribution < -0.4 is 10.1 Å². The van der Waals surface area contributed by atoms with Crippen molar-refractivity contribution in [1.82, 2.24) is 5.32 Å². The van der Waals surface area contributed by atoms with E-state index in [0.29, 0.717) is 5.56 Å². The molecule has 2 aromatic rings. The second-order valence-corrected chi connectivity index (χ2v) is 5.37. The molecule has 0 saturated carbocycles. The Morgan fingerprint density at radius 2 is 1.83 bits per heavy atom. The maximum atomic E-state index is 12.1. The van der Waals surface area contributed by atoms with Gasteiger partial charge in [-0.1, -0.05) is 36.4 Å². The van der Waals surface area contributed by atoms with Crippen LogP contribution in [0.5, 0.6) is 5.75 Å². The summed E-state index contributed by atoms with van der Waals surface area (Å²) < 4.78 is 28.4. The monoisotopic (exact) mass is 335 g/mol. The lowest BCUT2D eigenvalue weighted by atomic mass is 10.1. The molecule has 0 spiro atoms. The third kappa shape index (κ3) is 5.31. The first-order chi connectivity index (χ1) is 11.5. The van der Waals surface area contributed by atoms with Crippen molar-refractivity contribution in [1.29, 1.82) is 0 Å². The fourth-order valence-corrected chi connectivity index (χ4v) is 2.24. The van der Waals surface area contributed by atoms with Crippen LogP contribution in [-0.4, -0.2) is 24.2 Å².